The molecule has 0 amide bonds. The van der Waals surface area contributed by atoms with Gasteiger partial charge in [0.15, 0.2) is 17.0 Å². The van der Waals surface area contributed by atoms with Crippen molar-refractivity contribution in [3.8, 4) is 0 Å². The van der Waals surface area contributed by atoms with E-state index in [0.717, 1.165) is 23.0 Å². The number of nitrogens with zero attached hydrogens (tertiary/aromatic N) is 5. The second kappa shape index (κ2) is 7.16. The Balaban J connectivity index is 1.68. The Bertz CT molecular complexity index is 907. The molecule has 26 heavy (non-hydrogen) atoms. The van der Waals surface area contributed by atoms with E-state index in [1.165, 1.54) is 12.8 Å². The van der Waals surface area contributed by atoms with E-state index in [2.05, 4.69) is 46.8 Å². The lowest BCUT2D eigenvalue weighted by molar-refractivity contribution is 0.402. The van der Waals surface area contributed by atoms with Gasteiger partial charge in [-0.2, -0.15) is 9.97 Å². The van der Waals surface area contributed by atoms with Crippen LogP contribution in [-0.4, -0.2) is 37.0 Å². The van der Waals surface area contributed by atoms with Crippen molar-refractivity contribution < 1.29 is 0 Å². The summed E-state index contributed by atoms with van der Waals surface area (Å²) in [7, 11) is 1.82. The molecule has 2 atom stereocenters. The highest BCUT2D eigenvalue weighted by Gasteiger charge is 2.23. The van der Waals surface area contributed by atoms with Crippen molar-refractivity contribution in [2.45, 2.75) is 37.8 Å². The van der Waals surface area contributed by atoms with Crippen LogP contribution in [0, 0.1) is 0 Å². The summed E-state index contributed by atoms with van der Waals surface area (Å²) in [6, 6.07) is 8.19. The molecule has 9 heteroatoms. The van der Waals surface area contributed by atoms with Gasteiger partial charge in [0.1, 0.15) is 0 Å². The first-order valence-electron chi connectivity index (χ1n) is 8.72. The van der Waals surface area contributed by atoms with Crippen molar-refractivity contribution in [3.63, 3.8) is 0 Å². The standard InChI is InChI=1S/C17H21BrN8/c1-26-16-14(24-25-26)15(20-11-8-6-10(18)7-9-11)22-17(23-16)21-13-5-3-2-4-12(13)19/h6-9,12-13H,2-5,19H2,1H3,(H2,20,21,22,23). The number of hydrogen-bond acceptors (Lipinski definition) is 7. The molecule has 8 nitrogen and oxygen atoms in total. The van der Waals surface area contributed by atoms with Crippen LogP contribution in [0.3, 0.4) is 0 Å². The molecule has 0 saturated heterocycles. The number of nitrogens with one attached hydrogen (secondary N) is 2. The smallest absolute Gasteiger partial charge is 0.227 e. The highest BCUT2D eigenvalue weighted by atomic mass is 79.9. The molecule has 3 aromatic rings. The number of anilines is 3. The molecule has 1 aliphatic carbocycles. The summed E-state index contributed by atoms with van der Waals surface area (Å²) < 4.78 is 2.67. The lowest BCUT2D eigenvalue weighted by Crippen LogP contribution is -2.43. The zero-order valence-corrected chi connectivity index (χ0v) is 16.1. The number of fused-ring (bicyclic) bond motifs is 1. The average molecular weight is 417 g/mol. The third-order valence-electron chi connectivity index (χ3n) is 4.69. The third-order valence-corrected chi connectivity index (χ3v) is 5.22. The molecular formula is C17H21BrN8. The predicted octanol–water partition coefficient (Wildman–Crippen LogP) is 2.95. The molecule has 1 aliphatic rings. The minimum atomic E-state index is 0.121. The molecule has 1 aromatic carbocycles. The molecule has 4 rings (SSSR count). The van der Waals surface area contributed by atoms with Crippen LogP contribution in [0.4, 0.5) is 17.5 Å². The van der Waals surface area contributed by atoms with Crippen LogP contribution in [0.25, 0.3) is 11.2 Å². The van der Waals surface area contributed by atoms with E-state index in [1.54, 1.807) is 4.68 Å². The number of rotatable bonds is 4. The van der Waals surface area contributed by atoms with Crippen LogP contribution >= 0.6 is 15.9 Å². The molecule has 1 saturated carbocycles. The molecule has 0 bridgehead atoms. The van der Waals surface area contributed by atoms with Gasteiger partial charge in [-0.25, -0.2) is 4.68 Å². The van der Waals surface area contributed by atoms with Crippen molar-refractivity contribution >= 4 is 44.5 Å². The highest BCUT2D eigenvalue weighted by Crippen LogP contribution is 2.26. The van der Waals surface area contributed by atoms with Gasteiger partial charge in [0.2, 0.25) is 5.95 Å². The second-order valence-corrected chi connectivity index (χ2v) is 7.53. The zero-order chi connectivity index (χ0) is 18.1. The van der Waals surface area contributed by atoms with Gasteiger partial charge in [0.05, 0.1) is 0 Å². The molecule has 2 unspecified atom stereocenters. The van der Waals surface area contributed by atoms with Crippen molar-refractivity contribution in [1.82, 2.24) is 25.0 Å². The topological polar surface area (TPSA) is 107 Å². The maximum atomic E-state index is 6.26. The Labute approximate surface area is 159 Å². The maximum absolute atomic E-state index is 6.26. The lowest BCUT2D eigenvalue weighted by Gasteiger charge is -2.29. The molecule has 0 radical (unpaired) electrons. The summed E-state index contributed by atoms with van der Waals surface area (Å²) in [4.78, 5) is 9.24. The average Bonchev–Trinajstić information content (AvgIpc) is 3.00. The normalized spacial score (nSPS) is 20.3. The maximum Gasteiger partial charge on any atom is 0.227 e. The minimum Gasteiger partial charge on any atom is -0.350 e. The second-order valence-electron chi connectivity index (χ2n) is 6.61. The summed E-state index contributed by atoms with van der Waals surface area (Å²) in [5.41, 5.74) is 8.48. The minimum absolute atomic E-state index is 0.121. The monoisotopic (exact) mass is 416 g/mol. The summed E-state index contributed by atoms with van der Waals surface area (Å²) in [5, 5.41) is 15.0. The number of halogens is 1. The van der Waals surface area contributed by atoms with Gasteiger partial charge in [-0.15, -0.1) is 5.10 Å². The largest absolute Gasteiger partial charge is 0.350 e. The molecule has 0 aliphatic heterocycles. The Hall–Kier alpha value is -2.26. The quantitative estimate of drug-likeness (QED) is 0.599. The first kappa shape index (κ1) is 17.2. The number of benzene rings is 1. The van der Waals surface area contributed by atoms with Gasteiger partial charge < -0.3 is 16.4 Å². The predicted molar refractivity (Wildman–Crippen MR) is 105 cm³/mol. The zero-order valence-electron chi connectivity index (χ0n) is 14.5. The van der Waals surface area contributed by atoms with Crippen LogP contribution in [0.2, 0.25) is 0 Å². The molecule has 2 heterocycles. The lowest BCUT2D eigenvalue weighted by atomic mass is 9.91. The molecule has 2 aromatic heterocycles. The van der Waals surface area contributed by atoms with E-state index < -0.39 is 0 Å². The van der Waals surface area contributed by atoms with E-state index in [0.29, 0.717) is 22.9 Å². The van der Waals surface area contributed by atoms with Crippen LogP contribution in [0.15, 0.2) is 28.7 Å². The number of aryl methyl sites for hydroxylation is 1. The van der Waals surface area contributed by atoms with Gasteiger partial charge in [-0.3, -0.25) is 0 Å². The molecule has 136 valence electrons. The van der Waals surface area contributed by atoms with Gasteiger partial charge in [0, 0.05) is 29.3 Å². The number of nitrogens with two attached hydrogens (primary N) is 1. The van der Waals surface area contributed by atoms with Crippen molar-refractivity contribution in [1.29, 1.82) is 0 Å². The van der Waals surface area contributed by atoms with Crippen molar-refractivity contribution in [2.24, 2.45) is 12.8 Å². The Kier molecular flexibility index (Phi) is 4.73. The van der Waals surface area contributed by atoms with Gasteiger partial charge in [-0.1, -0.05) is 34.0 Å². The SMILES string of the molecule is Cn1nnc2c(Nc3ccc(Br)cc3)nc(NC3CCCCC3N)nc21. The Morgan fingerprint density at radius 3 is 2.69 bits per heavy atom. The van der Waals surface area contributed by atoms with Crippen molar-refractivity contribution in [3.05, 3.63) is 28.7 Å². The summed E-state index contributed by atoms with van der Waals surface area (Å²) in [6.07, 6.45) is 4.41. The summed E-state index contributed by atoms with van der Waals surface area (Å²) in [6.45, 7) is 0. The molecule has 1 fully saturated rings. The Morgan fingerprint density at radius 1 is 1.15 bits per heavy atom. The fraction of sp³-hybridized carbons (Fsp3) is 0.412. The highest BCUT2D eigenvalue weighted by molar-refractivity contribution is 9.10. The van der Waals surface area contributed by atoms with E-state index in [4.69, 9.17) is 5.73 Å². The summed E-state index contributed by atoms with van der Waals surface area (Å²) >= 11 is 3.45. The van der Waals surface area contributed by atoms with Crippen LogP contribution in [-0.2, 0) is 7.05 Å². The van der Waals surface area contributed by atoms with E-state index in [1.807, 2.05) is 31.3 Å². The number of hydrogen-bond donors (Lipinski definition) is 3. The van der Waals surface area contributed by atoms with Crippen LogP contribution < -0.4 is 16.4 Å². The molecule has 0 spiro atoms. The molecule has 4 N–H and O–H groups in total. The van der Waals surface area contributed by atoms with Gasteiger partial charge >= 0.3 is 0 Å². The van der Waals surface area contributed by atoms with Crippen LogP contribution in [0.5, 0.6) is 0 Å². The Morgan fingerprint density at radius 2 is 1.92 bits per heavy atom. The van der Waals surface area contributed by atoms with Gasteiger partial charge in [0.25, 0.3) is 0 Å². The van der Waals surface area contributed by atoms with E-state index in [-0.39, 0.29) is 12.1 Å². The van der Waals surface area contributed by atoms with E-state index in [9.17, 15) is 0 Å². The van der Waals surface area contributed by atoms with E-state index >= 15 is 0 Å². The van der Waals surface area contributed by atoms with Crippen LogP contribution in [0.1, 0.15) is 25.7 Å². The first-order valence-corrected chi connectivity index (χ1v) is 9.51. The fourth-order valence-electron chi connectivity index (χ4n) is 3.24. The summed E-state index contributed by atoms with van der Waals surface area (Å²) in [5.74, 6) is 1.17. The fourth-order valence-corrected chi connectivity index (χ4v) is 3.51. The van der Waals surface area contributed by atoms with Gasteiger partial charge in [-0.05, 0) is 37.1 Å². The first-order chi connectivity index (χ1) is 12.6. The van der Waals surface area contributed by atoms with Crippen molar-refractivity contribution in [2.75, 3.05) is 10.6 Å². The third kappa shape index (κ3) is 3.49. The molecular weight excluding hydrogens is 396 g/mol. The number of aromatic nitrogens is 5.